The molecule has 3 heteroatoms. The van der Waals surface area contributed by atoms with Crippen LogP contribution in [0.5, 0.6) is 0 Å². The standard InChI is InChI=1S/C13H17N3/c1-9(2)13-8-11(7-10(3)14-13)12-5-6-16(4)15-12/h5-9H,1-4H3. The predicted octanol–water partition coefficient (Wildman–Crippen LogP) is 2.91. The molecule has 84 valence electrons. The van der Waals surface area contributed by atoms with E-state index in [4.69, 9.17) is 0 Å². The second-order valence-corrected chi connectivity index (χ2v) is 4.45. The van der Waals surface area contributed by atoms with Crippen LogP contribution in [0, 0.1) is 6.92 Å². The Hall–Kier alpha value is -1.64. The van der Waals surface area contributed by atoms with Crippen LogP contribution in [0.3, 0.4) is 0 Å². The first-order valence-electron chi connectivity index (χ1n) is 5.55. The number of hydrogen-bond acceptors (Lipinski definition) is 2. The zero-order valence-corrected chi connectivity index (χ0v) is 10.2. The first-order valence-corrected chi connectivity index (χ1v) is 5.55. The first-order chi connectivity index (χ1) is 7.56. The van der Waals surface area contributed by atoms with Crippen molar-refractivity contribution < 1.29 is 0 Å². The van der Waals surface area contributed by atoms with Crippen molar-refractivity contribution in [1.29, 1.82) is 0 Å². The maximum absolute atomic E-state index is 4.53. The fourth-order valence-electron chi connectivity index (χ4n) is 1.71. The largest absolute Gasteiger partial charge is 0.275 e. The molecule has 0 aliphatic rings. The van der Waals surface area contributed by atoms with E-state index < -0.39 is 0 Å². The van der Waals surface area contributed by atoms with Crippen molar-refractivity contribution in [3.05, 3.63) is 35.8 Å². The van der Waals surface area contributed by atoms with Crippen LogP contribution in [0.25, 0.3) is 11.3 Å². The van der Waals surface area contributed by atoms with Gasteiger partial charge in [-0.05, 0) is 31.0 Å². The molecule has 0 radical (unpaired) electrons. The van der Waals surface area contributed by atoms with E-state index in [-0.39, 0.29) is 0 Å². The molecule has 0 saturated carbocycles. The van der Waals surface area contributed by atoms with Gasteiger partial charge >= 0.3 is 0 Å². The summed E-state index contributed by atoms with van der Waals surface area (Å²) in [7, 11) is 1.93. The number of nitrogens with zero attached hydrogens (tertiary/aromatic N) is 3. The molecule has 0 unspecified atom stereocenters. The van der Waals surface area contributed by atoms with Gasteiger partial charge in [-0.2, -0.15) is 5.10 Å². The van der Waals surface area contributed by atoms with Gasteiger partial charge in [0.15, 0.2) is 0 Å². The molecule has 0 aliphatic heterocycles. The molecule has 16 heavy (non-hydrogen) atoms. The Labute approximate surface area is 96.1 Å². The van der Waals surface area contributed by atoms with Gasteiger partial charge in [0.25, 0.3) is 0 Å². The molecule has 0 aliphatic carbocycles. The van der Waals surface area contributed by atoms with Gasteiger partial charge in [0.2, 0.25) is 0 Å². The van der Waals surface area contributed by atoms with Gasteiger partial charge in [-0.1, -0.05) is 13.8 Å². The highest BCUT2D eigenvalue weighted by molar-refractivity contribution is 5.59. The van der Waals surface area contributed by atoms with Crippen molar-refractivity contribution in [2.75, 3.05) is 0 Å². The molecule has 2 aromatic heterocycles. The Morgan fingerprint density at radius 3 is 2.56 bits per heavy atom. The minimum absolute atomic E-state index is 0.447. The quantitative estimate of drug-likeness (QED) is 0.771. The molecule has 0 spiro atoms. The Bertz CT molecular complexity index is 498. The lowest BCUT2D eigenvalue weighted by molar-refractivity contribution is 0.770. The predicted molar refractivity (Wildman–Crippen MR) is 65.3 cm³/mol. The summed E-state index contributed by atoms with van der Waals surface area (Å²) in [5.74, 6) is 0.447. The average Bonchev–Trinajstić information content (AvgIpc) is 2.64. The van der Waals surface area contributed by atoms with Gasteiger partial charge in [-0.3, -0.25) is 9.67 Å². The summed E-state index contributed by atoms with van der Waals surface area (Å²) >= 11 is 0. The summed E-state index contributed by atoms with van der Waals surface area (Å²) < 4.78 is 1.82. The van der Waals surface area contributed by atoms with E-state index in [0.29, 0.717) is 5.92 Å². The topological polar surface area (TPSA) is 30.7 Å². The monoisotopic (exact) mass is 215 g/mol. The van der Waals surface area contributed by atoms with Crippen molar-refractivity contribution in [1.82, 2.24) is 14.8 Å². The highest BCUT2D eigenvalue weighted by Gasteiger charge is 2.07. The van der Waals surface area contributed by atoms with Crippen LogP contribution in [0.2, 0.25) is 0 Å². The van der Waals surface area contributed by atoms with Gasteiger partial charge in [0.1, 0.15) is 0 Å². The second-order valence-electron chi connectivity index (χ2n) is 4.45. The molecular weight excluding hydrogens is 198 g/mol. The summed E-state index contributed by atoms with van der Waals surface area (Å²) in [6.07, 6.45) is 1.96. The average molecular weight is 215 g/mol. The maximum atomic E-state index is 4.53. The lowest BCUT2D eigenvalue weighted by atomic mass is 10.0. The van der Waals surface area contributed by atoms with E-state index in [0.717, 1.165) is 22.6 Å². The van der Waals surface area contributed by atoms with Crippen molar-refractivity contribution in [2.45, 2.75) is 26.7 Å². The van der Waals surface area contributed by atoms with Crippen molar-refractivity contribution >= 4 is 0 Å². The molecule has 0 bridgehead atoms. The van der Waals surface area contributed by atoms with Gasteiger partial charge < -0.3 is 0 Å². The SMILES string of the molecule is Cc1cc(-c2ccn(C)n2)cc(C(C)C)n1. The van der Waals surface area contributed by atoms with E-state index in [1.807, 2.05) is 30.9 Å². The molecule has 2 aromatic rings. The van der Waals surface area contributed by atoms with Crippen LogP contribution >= 0.6 is 0 Å². The van der Waals surface area contributed by atoms with Gasteiger partial charge in [0.05, 0.1) is 5.69 Å². The molecule has 2 heterocycles. The van der Waals surface area contributed by atoms with Crippen LogP contribution in [-0.4, -0.2) is 14.8 Å². The zero-order valence-electron chi connectivity index (χ0n) is 10.2. The molecular formula is C13H17N3. The molecule has 0 fully saturated rings. The molecule has 3 nitrogen and oxygen atoms in total. The molecule has 2 rings (SSSR count). The summed E-state index contributed by atoms with van der Waals surface area (Å²) in [6.45, 7) is 6.34. The normalized spacial score (nSPS) is 11.1. The zero-order chi connectivity index (χ0) is 11.7. The molecule has 0 saturated heterocycles. The first kappa shape index (κ1) is 10.9. The van der Waals surface area contributed by atoms with Crippen LogP contribution in [0.4, 0.5) is 0 Å². The van der Waals surface area contributed by atoms with Gasteiger partial charge in [-0.15, -0.1) is 0 Å². The summed E-state index contributed by atoms with van der Waals surface area (Å²) in [4.78, 5) is 4.53. The molecule has 0 amide bonds. The third kappa shape index (κ3) is 2.13. The highest BCUT2D eigenvalue weighted by atomic mass is 15.2. The third-order valence-electron chi connectivity index (χ3n) is 2.57. The fourth-order valence-corrected chi connectivity index (χ4v) is 1.71. The molecule has 0 aromatic carbocycles. The summed E-state index contributed by atoms with van der Waals surface area (Å²) in [5.41, 5.74) is 4.33. The minimum Gasteiger partial charge on any atom is -0.275 e. The molecule has 0 N–H and O–H groups in total. The molecule has 0 atom stereocenters. The Kier molecular flexibility index (Phi) is 2.77. The van der Waals surface area contributed by atoms with E-state index >= 15 is 0 Å². The number of aryl methyl sites for hydroxylation is 2. The van der Waals surface area contributed by atoms with E-state index in [1.165, 1.54) is 0 Å². The lowest BCUT2D eigenvalue weighted by Crippen LogP contribution is -1.96. The lowest BCUT2D eigenvalue weighted by Gasteiger charge is -2.07. The van der Waals surface area contributed by atoms with E-state index in [2.05, 4.69) is 36.1 Å². The van der Waals surface area contributed by atoms with E-state index in [1.54, 1.807) is 0 Å². The number of rotatable bonds is 2. The smallest absolute Gasteiger partial charge is 0.0924 e. The fraction of sp³-hybridized carbons (Fsp3) is 0.385. The van der Waals surface area contributed by atoms with Crippen molar-refractivity contribution in [3.63, 3.8) is 0 Å². The van der Waals surface area contributed by atoms with Gasteiger partial charge in [0, 0.05) is 30.2 Å². The summed E-state index contributed by atoms with van der Waals surface area (Å²) in [5, 5.41) is 4.41. The Balaban J connectivity index is 2.49. The van der Waals surface area contributed by atoms with E-state index in [9.17, 15) is 0 Å². The highest BCUT2D eigenvalue weighted by Crippen LogP contribution is 2.22. The minimum atomic E-state index is 0.447. The van der Waals surface area contributed by atoms with Crippen molar-refractivity contribution in [3.8, 4) is 11.3 Å². The number of hydrogen-bond donors (Lipinski definition) is 0. The van der Waals surface area contributed by atoms with Crippen LogP contribution < -0.4 is 0 Å². The van der Waals surface area contributed by atoms with Crippen LogP contribution in [-0.2, 0) is 7.05 Å². The summed E-state index contributed by atoms with van der Waals surface area (Å²) in [6, 6.07) is 6.23. The van der Waals surface area contributed by atoms with Crippen LogP contribution in [0.15, 0.2) is 24.4 Å². The number of pyridine rings is 1. The Morgan fingerprint density at radius 1 is 1.25 bits per heavy atom. The van der Waals surface area contributed by atoms with Gasteiger partial charge in [-0.25, -0.2) is 0 Å². The van der Waals surface area contributed by atoms with Crippen molar-refractivity contribution in [2.24, 2.45) is 7.05 Å². The second kappa shape index (κ2) is 4.08. The third-order valence-corrected chi connectivity index (χ3v) is 2.57. The number of aromatic nitrogens is 3. The Morgan fingerprint density at radius 2 is 2.00 bits per heavy atom. The maximum Gasteiger partial charge on any atom is 0.0924 e. The van der Waals surface area contributed by atoms with Crippen LogP contribution in [0.1, 0.15) is 31.2 Å².